The van der Waals surface area contributed by atoms with Crippen LogP contribution in [0.3, 0.4) is 0 Å². The van der Waals surface area contributed by atoms with Gasteiger partial charge in [-0.2, -0.15) is 0 Å². The molecule has 2 rings (SSSR count). The second kappa shape index (κ2) is 3.54. The molecule has 0 aliphatic rings. The molecule has 1 nitrogen and oxygen atoms in total. The molecule has 0 amide bonds. The van der Waals surface area contributed by atoms with E-state index in [2.05, 4.69) is 54.6 Å². The molecule has 1 aromatic carbocycles. The molecule has 0 aliphatic heterocycles. The van der Waals surface area contributed by atoms with E-state index in [1.807, 2.05) is 12.2 Å². The third-order valence-electron chi connectivity index (χ3n) is 2.34. The maximum Gasteiger partial charge on any atom is 0.0525 e. The van der Waals surface area contributed by atoms with Crippen molar-refractivity contribution in [2.24, 2.45) is 0 Å². The average molecular weight is 183 g/mol. The summed E-state index contributed by atoms with van der Waals surface area (Å²) >= 11 is 0. The van der Waals surface area contributed by atoms with Crippen LogP contribution in [-0.2, 0) is 0 Å². The van der Waals surface area contributed by atoms with Gasteiger partial charge in [-0.1, -0.05) is 30.9 Å². The van der Waals surface area contributed by atoms with Gasteiger partial charge in [-0.25, -0.2) is 0 Å². The van der Waals surface area contributed by atoms with E-state index in [4.69, 9.17) is 0 Å². The largest absolute Gasteiger partial charge is 0.321 e. The van der Waals surface area contributed by atoms with Gasteiger partial charge in [-0.3, -0.25) is 0 Å². The van der Waals surface area contributed by atoms with Gasteiger partial charge in [0.1, 0.15) is 0 Å². The van der Waals surface area contributed by atoms with E-state index in [1.165, 1.54) is 16.6 Å². The molecule has 0 radical (unpaired) electrons. The Labute approximate surface area is 84.0 Å². The number of nitrogens with zero attached hydrogens (tertiary/aromatic N) is 1. The van der Waals surface area contributed by atoms with E-state index >= 15 is 0 Å². The number of hydrogen-bond donors (Lipinski definition) is 0. The highest BCUT2D eigenvalue weighted by atomic mass is 15.0. The molecule has 0 bridgehead atoms. The number of hydrogen-bond acceptors (Lipinski definition) is 0. The molecule has 0 spiro atoms. The lowest BCUT2D eigenvalue weighted by atomic mass is 10.2. The van der Waals surface area contributed by atoms with Crippen LogP contribution >= 0.6 is 0 Å². The molecule has 1 aromatic heterocycles. The lowest BCUT2D eigenvalue weighted by Crippen LogP contribution is -1.89. The highest BCUT2D eigenvalue weighted by molar-refractivity contribution is 5.83. The molecule has 0 fully saturated rings. The topological polar surface area (TPSA) is 4.93 Å². The molecule has 0 unspecified atom stereocenters. The van der Waals surface area contributed by atoms with Crippen molar-refractivity contribution in [3.05, 3.63) is 55.3 Å². The molecule has 70 valence electrons. The van der Waals surface area contributed by atoms with Crippen LogP contribution in [0.1, 0.15) is 6.92 Å². The SMILES string of the molecule is C=C/C=C(\C)n1ccc2ccccc21. The summed E-state index contributed by atoms with van der Waals surface area (Å²) < 4.78 is 2.16. The van der Waals surface area contributed by atoms with Gasteiger partial charge in [-0.05, 0) is 30.5 Å². The summed E-state index contributed by atoms with van der Waals surface area (Å²) in [5, 5.41) is 1.27. The Hall–Kier alpha value is -1.76. The van der Waals surface area contributed by atoms with Crippen LogP contribution in [0.4, 0.5) is 0 Å². The lowest BCUT2D eigenvalue weighted by molar-refractivity contribution is 1.15. The van der Waals surface area contributed by atoms with Crippen molar-refractivity contribution in [2.45, 2.75) is 6.92 Å². The van der Waals surface area contributed by atoms with Crippen molar-refractivity contribution in [3.8, 4) is 0 Å². The summed E-state index contributed by atoms with van der Waals surface area (Å²) in [4.78, 5) is 0. The second-order valence-corrected chi connectivity index (χ2v) is 3.29. The fourth-order valence-corrected chi connectivity index (χ4v) is 1.64. The normalized spacial score (nSPS) is 11.9. The van der Waals surface area contributed by atoms with Gasteiger partial charge in [0.05, 0.1) is 5.52 Å². The minimum Gasteiger partial charge on any atom is -0.321 e. The Morgan fingerprint density at radius 1 is 1.29 bits per heavy atom. The van der Waals surface area contributed by atoms with Gasteiger partial charge in [0.2, 0.25) is 0 Å². The summed E-state index contributed by atoms with van der Waals surface area (Å²) in [6, 6.07) is 10.5. The molecule has 0 aliphatic carbocycles. The van der Waals surface area contributed by atoms with Crippen molar-refractivity contribution in [3.63, 3.8) is 0 Å². The van der Waals surface area contributed by atoms with Crippen molar-refractivity contribution in [1.82, 2.24) is 4.57 Å². The lowest BCUT2D eigenvalue weighted by Gasteiger charge is -2.03. The Bertz CT molecular complexity index is 489. The first-order valence-electron chi connectivity index (χ1n) is 4.69. The third-order valence-corrected chi connectivity index (χ3v) is 2.34. The van der Waals surface area contributed by atoms with E-state index in [9.17, 15) is 0 Å². The molecule has 0 saturated carbocycles. The van der Waals surface area contributed by atoms with Crippen LogP contribution in [0.2, 0.25) is 0 Å². The summed E-state index contributed by atoms with van der Waals surface area (Å²) in [6.07, 6.45) is 5.90. The molecular formula is C13H13N. The highest BCUT2D eigenvalue weighted by Gasteiger charge is 1.99. The fourth-order valence-electron chi connectivity index (χ4n) is 1.64. The summed E-state index contributed by atoms with van der Waals surface area (Å²) in [7, 11) is 0. The number of allylic oxidation sites excluding steroid dienone is 3. The molecule has 0 atom stereocenters. The van der Waals surface area contributed by atoms with Crippen molar-refractivity contribution >= 4 is 16.6 Å². The minimum atomic E-state index is 1.18. The Kier molecular flexibility index (Phi) is 2.23. The maximum absolute atomic E-state index is 3.70. The number of fused-ring (bicyclic) bond motifs is 1. The van der Waals surface area contributed by atoms with Gasteiger partial charge in [0.25, 0.3) is 0 Å². The van der Waals surface area contributed by atoms with Crippen molar-refractivity contribution < 1.29 is 0 Å². The molecule has 14 heavy (non-hydrogen) atoms. The first kappa shape index (κ1) is 8.82. The van der Waals surface area contributed by atoms with Gasteiger partial charge in [-0.15, -0.1) is 0 Å². The van der Waals surface area contributed by atoms with Gasteiger partial charge in [0.15, 0.2) is 0 Å². The van der Waals surface area contributed by atoms with Gasteiger partial charge in [0, 0.05) is 11.9 Å². The molecule has 1 heterocycles. The minimum absolute atomic E-state index is 1.18. The molecule has 0 saturated heterocycles. The highest BCUT2D eigenvalue weighted by Crippen LogP contribution is 2.18. The molecular weight excluding hydrogens is 170 g/mol. The number of rotatable bonds is 2. The van der Waals surface area contributed by atoms with Crippen molar-refractivity contribution in [2.75, 3.05) is 0 Å². The quantitative estimate of drug-likeness (QED) is 0.626. The Morgan fingerprint density at radius 2 is 2.07 bits per heavy atom. The van der Waals surface area contributed by atoms with Crippen LogP contribution in [-0.4, -0.2) is 4.57 Å². The van der Waals surface area contributed by atoms with E-state index < -0.39 is 0 Å². The van der Waals surface area contributed by atoms with Crippen LogP contribution < -0.4 is 0 Å². The van der Waals surface area contributed by atoms with E-state index in [0.29, 0.717) is 0 Å². The summed E-state index contributed by atoms with van der Waals surface area (Å²) in [5.41, 5.74) is 2.42. The van der Waals surface area contributed by atoms with Gasteiger partial charge < -0.3 is 4.57 Å². The standard InChI is InChI=1S/C13H13N/c1-3-6-11(2)14-10-9-12-7-4-5-8-13(12)14/h3-10H,1H2,2H3/b11-6+. The van der Waals surface area contributed by atoms with E-state index in [0.717, 1.165) is 0 Å². The molecule has 2 aromatic rings. The maximum atomic E-state index is 3.70. The monoisotopic (exact) mass is 183 g/mol. The Balaban J connectivity index is 2.64. The average Bonchev–Trinajstić information content (AvgIpc) is 2.61. The zero-order valence-corrected chi connectivity index (χ0v) is 8.27. The molecule has 0 N–H and O–H groups in total. The number of benzene rings is 1. The van der Waals surface area contributed by atoms with E-state index in [1.54, 1.807) is 0 Å². The predicted molar refractivity (Wildman–Crippen MR) is 62.1 cm³/mol. The Morgan fingerprint density at radius 3 is 2.86 bits per heavy atom. The third kappa shape index (κ3) is 1.37. The summed E-state index contributed by atoms with van der Waals surface area (Å²) in [5.74, 6) is 0. The first-order chi connectivity index (χ1) is 6.83. The van der Waals surface area contributed by atoms with Crippen LogP contribution in [0, 0.1) is 0 Å². The summed E-state index contributed by atoms with van der Waals surface area (Å²) in [6.45, 7) is 5.78. The van der Waals surface area contributed by atoms with Crippen LogP contribution in [0.25, 0.3) is 16.6 Å². The zero-order valence-electron chi connectivity index (χ0n) is 8.27. The van der Waals surface area contributed by atoms with Crippen LogP contribution in [0.5, 0.6) is 0 Å². The van der Waals surface area contributed by atoms with Crippen molar-refractivity contribution in [1.29, 1.82) is 0 Å². The second-order valence-electron chi connectivity index (χ2n) is 3.29. The molecule has 1 heteroatoms. The number of para-hydroxylation sites is 1. The van der Waals surface area contributed by atoms with Crippen LogP contribution in [0.15, 0.2) is 55.3 Å². The smallest absolute Gasteiger partial charge is 0.0525 e. The van der Waals surface area contributed by atoms with E-state index in [-0.39, 0.29) is 0 Å². The fraction of sp³-hybridized carbons (Fsp3) is 0.0769. The predicted octanol–water partition coefficient (Wildman–Crippen LogP) is 3.69. The van der Waals surface area contributed by atoms with Gasteiger partial charge >= 0.3 is 0 Å². The number of aromatic nitrogens is 1. The zero-order chi connectivity index (χ0) is 9.97. The first-order valence-corrected chi connectivity index (χ1v) is 4.69.